The smallest absolute Gasteiger partial charge is 0.453 e. The van der Waals surface area contributed by atoms with Gasteiger partial charge < -0.3 is 4.74 Å². The molecule has 0 aliphatic carbocycles. The van der Waals surface area contributed by atoms with Crippen LogP contribution in [0.4, 0.5) is 22.0 Å². The molecule has 0 N–H and O–H groups in total. The number of hydrogen-bond acceptors (Lipinski definition) is 3. The Labute approximate surface area is 138 Å². The molecule has 0 aromatic carbocycles. The Morgan fingerprint density at radius 1 is 1.09 bits per heavy atom. The maximum absolute atomic E-state index is 12.7. The first-order valence-electron chi connectivity index (χ1n) is 7.74. The average molecular weight is 364 g/mol. The number of ether oxygens (including phenoxy) is 1. The Morgan fingerprint density at radius 2 is 1.70 bits per heavy atom. The van der Waals surface area contributed by atoms with Crippen LogP contribution < -0.4 is 0 Å². The molecular formula is C15H25F5O2S. The second kappa shape index (κ2) is 10.4. The van der Waals surface area contributed by atoms with Crippen molar-refractivity contribution in [2.75, 3.05) is 12.4 Å². The zero-order chi connectivity index (χ0) is 18.1. The summed E-state index contributed by atoms with van der Waals surface area (Å²) >= 11 is 1.38. The van der Waals surface area contributed by atoms with Gasteiger partial charge in [0.05, 0.1) is 6.61 Å². The van der Waals surface area contributed by atoms with Crippen molar-refractivity contribution in [1.29, 1.82) is 0 Å². The number of thioether (sulfide) groups is 1. The lowest BCUT2D eigenvalue weighted by Gasteiger charge is -2.19. The van der Waals surface area contributed by atoms with Crippen LogP contribution in [0.25, 0.3) is 0 Å². The molecule has 8 heteroatoms. The molecule has 0 aromatic rings. The Balaban J connectivity index is 4.05. The van der Waals surface area contributed by atoms with Crippen LogP contribution in [-0.2, 0) is 9.53 Å². The molecule has 23 heavy (non-hydrogen) atoms. The molecule has 0 rings (SSSR count). The summed E-state index contributed by atoms with van der Waals surface area (Å²) in [5, 5.41) is -0.313. The minimum absolute atomic E-state index is 0.193. The van der Waals surface area contributed by atoms with Gasteiger partial charge in [-0.25, -0.2) is 0 Å². The van der Waals surface area contributed by atoms with Gasteiger partial charge >= 0.3 is 18.1 Å². The van der Waals surface area contributed by atoms with Gasteiger partial charge in [-0.3, -0.25) is 4.79 Å². The fraction of sp³-hybridized carbons (Fsp3) is 0.933. The summed E-state index contributed by atoms with van der Waals surface area (Å²) in [5.74, 6) is -4.07. The number of carbonyl (C=O) groups excluding carboxylic acids is 1. The largest absolute Gasteiger partial charge is 0.465 e. The molecule has 1 unspecified atom stereocenters. The molecule has 138 valence electrons. The van der Waals surface area contributed by atoms with Gasteiger partial charge in [-0.2, -0.15) is 22.0 Å². The molecule has 0 heterocycles. The zero-order valence-corrected chi connectivity index (χ0v) is 14.5. The predicted molar refractivity (Wildman–Crippen MR) is 81.8 cm³/mol. The Kier molecular flexibility index (Phi) is 10.1. The van der Waals surface area contributed by atoms with E-state index in [2.05, 4.69) is 0 Å². The zero-order valence-electron chi connectivity index (χ0n) is 13.7. The first-order chi connectivity index (χ1) is 10.5. The van der Waals surface area contributed by atoms with Gasteiger partial charge in [0.15, 0.2) is 0 Å². The van der Waals surface area contributed by atoms with Crippen molar-refractivity contribution < 1.29 is 31.5 Å². The van der Waals surface area contributed by atoms with Crippen molar-refractivity contribution in [2.24, 2.45) is 5.92 Å². The molecule has 0 bridgehead atoms. The molecule has 2 nitrogen and oxygen atoms in total. The molecule has 0 saturated heterocycles. The number of alkyl halides is 5. The van der Waals surface area contributed by atoms with Gasteiger partial charge in [0, 0.05) is 6.42 Å². The van der Waals surface area contributed by atoms with Crippen LogP contribution in [0.3, 0.4) is 0 Å². The van der Waals surface area contributed by atoms with Crippen LogP contribution in [0.15, 0.2) is 0 Å². The molecule has 0 aliphatic rings. The van der Waals surface area contributed by atoms with Crippen LogP contribution >= 0.6 is 11.8 Å². The second-order valence-electron chi connectivity index (χ2n) is 5.75. The highest BCUT2D eigenvalue weighted by atomic mass is 32.2. The molecular weight excluding hydrogens is 339 g/mol. The highest BCUT2D eigenvalue weighted by Gasteiger charge is 2.56. The average Bonchev–Trinajstić information content (AvgIpc) is 2.39. The number of carbonyl (C=O) groups is 1. The van der Waals surface area contributed by atoms with Crippen molar-refractivity contribution >= 4 is 17.7 Å². The summed E-state index contributed by atoms with van der Waals surface area (Å²) in [6, 6.07) is 0. The van der Waals surface area contributed by atoms with E-state index >= 15 is 0 Å². The standard InChI is InChI=1S/C15H25F5O2S/c1-4-22-13(21)12(10-11(2)3)23-9-7-5-6-8-14(16,17)15(18,19)20/h11-12H,4-10H2,1-3H3. The second-order valence-corrected chi connectivity index (χ2v) is 7.06. The molecule has 0 fully saturated rings. The Hall–Kier alpha value is -0.530. The van der Waals surface area contributed by atoms with E-state index in [0.717, 1.165) is 0 Å². The van der Waals surface area contributed by atoms with E-state index in [1.807, 2.05) is 13.8 Å². The summed E-state index contributed by atoms with van der Waals surface area (Å²) in [5.41, 5.74) is 0. The molecule has 0 amide bonds. The van der Waals surface area contributed by atoms with Gasteiger partial charge in [-0.1, -0.05) is 20.3 Å². The van der Waals surface area contributed by atoms with E-state index in [1.54, 1.807) is 6.92 Å². The summed E-state index contributed by atoms with van der Waals surface area (Å²) in [6.07, 6.45) is -5.44. The monoisotopic (exact) mass is 364 g/mol. The van der Waals surface area contributed by atoms with Crippen molar-refractivity contribution in [3.8, 4) is 0 Å². The van der Waals surface area contributed by atoms with Gasteiger partial charge in [0.25, 0.3) is 0 Å². The SMILES string of the molecule is CCOC(=O)C(CC(C)C)SCCCCCC(F)(F)C(F)(F)F. The Bertz CT molecular complexity index is 345. The topological polar surface area (TPSA) is 26.3 Å². The first-order valence-corrected chi connectivity index (χ1v) is 8.79. The van der Waals surface area contributed by atoms with Crippen molar-refractivity contribution in [3.63, 3.8) is 0 Å². The van der Waals surface area contributed by atoms with Gasteiger partial charge in [0.2, 0.25) is 0 Å². The van der Waals surface area contributed by atoms with Gasteiger partial charge in [-0.05, 0) is 37.9 Å². The van der Waals surface area contributed by atoms with E-state index < -0.39 is 18.5 Å². The number of unbranched alkanes of at least 4 members (excludes halogenated alkanes) is 2. The molecule has 0 aromatic heterocycles. The van der Waals surface area contributed by atoms with E-state index in [-0.39, 0.29) is 24.1 Å². The third kappa shape index (κ3) is 9.37. The third-order valence-corrected chi connectivity index (χ3v) is 4.42. The van der Waals surface area contributed by atoms with Crippen molar-refractivity contribution in [1.82, 2.24) is 0 Å². The van der Waals surface area contributed by atoms with Crippen LogP contribution in [-0.4, -0.2) is 35.7 Å². The number of hydrogen-bond donors (Lipinski definition) is 0. The summed E-state index contributed by atoms with van der Waals surface area (Å²) in [6.45, 7) is 5.97. The molecule has 1 atom stereocenters. The number of rotatable bonds is 11. The van der Waals surface area contributed by atoms with Crippen molar-refractivity contribution in [3.05, 3.63) is 0 Å². The predicted octanol–water partition coefficient (Wildman–Crippen LogP) is 5.46. The van der Waals surface area contributed by atoms with Crippen LogP contribution in [0.1, 0.15) is 52.9 Å². The quantitative estimate of drug-likeness (QED) is 0.277. The lowest BCUT2D eigenvalue weighted by molar-refractivity contribution is -0.284. The van der Waals surface area contributed by atoms with E-state index in [1.165, 1.54) is 11.8 Å². The van der Waals surface area contributed by atoms with Crippen LogP contribution in [0.2, 0.25) is 0 Å². The summed E-state index contributed by atoms with van der Waals surface area (Å²) in [7, 11) is 0. The first kappa shape index (κ1) is 22.5. The molecule has 0 radical (unpaired) electrons. The highest BCUT2D eigenvalue weighted by molar-refractivity contribution is 8.00. The minimum Gasteiger partial charge on any atom is -0.465 e. The van der Waals surface area contributed by atoms with E-state index in [9.17, 15) is 26.7 Å². The van der Waals surface area contributed by atoms with Gasteiger partial charge in [0.1, 0.15) is 5.25 Å². The van der Waals surface area contributed by atoms with E-state index in [4.69, 9.17) is 4.74 Å². The maximum Gasteiger partial charge on any atom is 0.453 e. The summed E-state index contributed by atoms with van der Waals surface area (Å²) in [4.78, 5) is 11.8. The fourth-order valence-electron chi connectivity index (χ4n) is 1.89. The number of halogens is 5. The summed E-state index contributed by atoms with van der Waals surface area (Å²) < 4.78 is 66.4. The lowest BCUT2D eigenvalue weighted by Crippen LogP contribution is -2.36. The van der Waals surface area contributed by atoms with Crippen molar-refractivity contribution in [2.45, 2.75) is 70.2 Å². The molecule has 0 saturated carbocycles. The fourth-order valence-corrected chi connectivity index (χ4v) is 3.27. The maximum atomic E-state index is 12.7. The van der Waals surface area contributed by atoms with E-state index in [0.29, 0.717) is 31.1 Å². The molecule has 0 aliphatic heterocycles. The highest BCUT2D eigenvalue weighted by Crippen LogP contribution is 2.39. The Morgan fingerprint density at radius 3 is 2.17 bits per heavy atom. The van der Waals surface area contributed by atoms with Crippen LogP contribution in [0, 0.1) is 5.92 Å². The normalized spacial score (nSPS) is 14.1. The lowest BCUT2D eigenvalue weighted by atomic mass is 10.1. The van der Waals surface area contributed by atoms with Crippen LogP contribution in [0.5, 0.6) is 0 Å². The third-order valence-electron chi connectivity index (χ3n) is 3.10. The molecule has 0 spiro atoms. The number of esters is 1. The minimum atomic E-state index is -5.48. The van der Waals surface area contributed by atoms with Gasteiger partial charge in [-0.15, -0.1) is 11.8 Å².